The number of carbonyl (C=O) groups is 1. The van der Waals surface area contributed by atoms with Gasteiger partial charge in [0.05, 0.1) is 12.2 Å². The predicted octanol–water partition coefficient (Wildman–Crippen LogP) is 4.43. The molecule has 0 unspecified atom stereocenters. The van der Waals surface area contributed by atoms with Gasteiger partial charge in [-0.15, -0.1) is 11.3 Å². The molecule has 1 saturated heterocycles. The SMILES string of the molecule is O=C(CN1CCC[C@@H]1c1cccs1)Nc1ccc(Br)cc1F. The molecule has 1 aromatic heterocycles. The van der Waals surface area contributed by atoms with Crippen LogP contribution in [0.1, 0.15) is 23.8 Å². The number of hydrogen-bond donors (Lipinski definition) is 1. The fourth-order valence-electron chi connectivity index (χ4n) is 2.78. The lowest BCUT2D eigenvalue weighted by Crippen LogP contribution is -2.32. The highest BCUT2D eigenvalue weighted by Gasteiger charge is 2.28. The van der Waals surface area contributed by atoms with Crippen LogP contribution in [0, 0.1) is 5.82 Å². The lowest BCUT2D eigenvalue weighted by molar-refractivity contribution is -0.117. The number of benzene rings is 1. The van der Waals surface area contributed by atoms with Gasteiger partial charge in [-0.25, -0.2) is 4.39 Å². The van der Waals surface area contributed by atoms with Gasteiger partial charge in [0.25, 0.3) is 0 Å². The Kier molecular flexibility index (Phi) is 4.90. The van der Waals surface area contributed by atoms with Crippen molar-refractivity contribution in [2.45, 2.75) is 18.9 Å². The highest BCUT2D eigenvalue weighted by Crippen LogP contribution is 2.34. The summed E-state index contributed by atoms with van der Waals surface area (Å²) in [4.78, 5) is 15.6. The zero-order valence-electron chi connectivity index (χ0n) is 11.9. The Morgan fingerprint density at radius 2 is 2.32 bits per heavy atom. The summed E-state index contributed by atoms with van der Waals surface area (Å²) in [5.74, 6) is -0.608. The van der Waals surface area contributed by atoms with Gasteiger partial charge in [0.15, 0.2) is 0 Å². The second kappa shape index (κ2) is 6.89. The number of carbonyl (C=O) groups excluding carboxylic acids is 1. The van der Waals surface area contributed by atoms with Crippen molar-refractivity contribution in [1.29, 1.82) is 0 Å². The highest BCUT2D eigenvalue weighted by molar-refractivity contribution is 9.10. The summed E-state index contributed by atoms with van der Waals surface area (Å²) in [5, 5.41) is 4.72. The third kappa shape index (κ3) is 3.56. The van der Waals surface area contributed by atoms with Crippen LogP contribution in [0.2, 0.25) is 0 Å². The topological polar surface area (TPSA) is 32.3 Å². The lowest BCUT2D eigenvalue weighted by atomic mass is 10.2. The van der Waals surface area contributed by atoms with E-state index in [1.807, 2.05) is 6.07 Å². The molecule has 2 aromatic rings. The van der Waals surface area contributed by atoms with Crippen LogP contribution in [0.4, 0.5) is 10.1 Å². The van der Waals surface area contributed by atoms with Crippen molar-refractivity contribution < 1.29 is 9.18 Å². The zero-order valence-corrected chi connectivity index (χ0v) is 14.3. The standard InChI is InChI=1S/C16H16BrFN2OS/c17-11-5-6-13(12(18)9-11)19-16(21)10-20-7-1-3-14(20)15-4-2-8-22-15/h2,4-6,8-9,14H,1,3,7,10H2,(H,19,21)/t14-/m1/s1. The fraction of sp³-hybridized carbons (Fsp3) is 0.312. The van der Waals surface area contributed by atoms with Crippen LogP contribution in [0.5, 0.6) is 0 Å². The minimum absolute atomic E-state index is 0.176. The molecular formula is C16H16BrFN2OS. The molecular weight excluding hydrogens is 367 g/mol. The van der Waals surface area contributed by atoms with Crippen molar-refractivity contribution in [2.24, 2.45) is 0 Å². The van der Waals surface area contributed by atoms with Gasteiger partial charge in [-0.3, -0.25) is 9.69 Å². The molecule has 1 aliphatic rings. The summed E-state index contributed by atoms with van der Waals surface area (Å²) >= 11 is 4.92. The summed E-state index contributed by atoms with van der Waals surface area (Å²) in [5.41, 5.74) is 0.222. The molecule has 22 heavy (non-hydrogen) atoms. The van der Waals surface area contributed by atoms with E-state index in [1.54, 1.807) is 23.5 Å². The lowest BCUT2D eigenvalue weighted by Gasteiger charge is -2.22. The molecule has 1 atom stereocenters. The molecule has 1 N–H and O–H groups in total. The van der Waals surface area contributed by atoms with Crippen molar-refractivity contribution in [1.82, 2.24) is 4.90 Å². The predicted molar refractivity (Wildman–Crippen MR) is 90.6 cm³/mol. The minimum Gasteiger partial charge on any atom is -0.322 e. The number of nitrogens with zero attached hydrogens (tertiary/aromatic N) is 1. The minimum atomic E-state index is -0.432. The number of halogens is 2. The van der Waals surface area contributed by atoms with Crippen LogP contribution in [0.3, 0.4) is 0 Å². The molecule has 0 radical (unpaired) electrons. The Bertz CT molecular complexity index is 662. The zero-order chi connectivity index (χ0) is 15.5. The molecule has 116 valence electrons. The van der Waals surface area contributed by atoms with E-state index in [1.165, 1.54) is 10.9 Å². The van der Waals surface area contributed by atoms with E-state index in [2.05, 4.69) is 37.6 Å². The van der Waals surface area contributed by atoms with Crippen molar-refractivity contribution in [3.05, 3.63) is 50.9 Å². The number of nitrogens with one attached hydrogen (secondary N) is 1. The average Bonchev–Trinajstić information content (AvgIpc) is 3.12. The molecule has 3 nitrogen and oxygen atoms in total. The highest BCUT2D eigenvalue weighted by atomic mass is 79.9. The van der Waals surface area contributed by atoms with E-state index in [9.17, 15) is 9.18 Å². The van der Waals surface area contributed by atoms with Gasteiger partial charge in [0.1, 0.15) is 5.82 Å². The first-order valence-corrected chi connectivity index (χ1v) is 8.83. The normalized spacial score (nSPS) is 18.5. The number of likely N-dealkylation sites (tertiary alicyclic amines) is 1. The number of amides is 1. The summed E-state index contributed by atoms with van der Waals surface area (Å²) in [6, 6.07) is 9.08. The molecule has 1 amide bonds. The van der Waals surface area contributed by atoms with Gasteiger partial charge in [-0.1, -0.05) is 22.0 Å². The third-order valence-corrected chi connectivity index (χ3v) is 5.25. The van der Waals surface area contributed by atoms with Crippen LogP contribution in [-0.2, 0) is 4.79 Å². The Hall–Kier alpha value is -1.24. The van der Waals surface area contributed by atoms with Gasteiger partial charge in [-0.2, -0.15) is 0 Å². The number of rotatable bonds is 4. The van der Waals surface area contributed by atoms with Gasteiger partial charge in [0, 0.05) is 15.4 Å². The third-order valence-electron chi connectivity index (χ3n) is 3.79. The van der Waals surface area contributed by atoms with Gasteiger partial charge >= 0.3 is 0 Å². The van der Waals surface area contributed by atoms with E-state index >= 15 is 0 Å². The van der Waals surface area contributed by atoms with Crippen LogP contribution in [-0.4, -0.2) is 23.9 Å². The second-order valence-electron chi connectivity index (χ2n) is 5.32. The molecule has 0 saturated carbocycles. The van der Waals surface area contributed by atoms with E-state index < -0.39 is 5.82 Å². The van der Waals surface area contributed by atoms with Gasteiger partial charge in [-0.05, 0) is 49.0 Å². The second-order valence-corrected chi connectivity index (χ2v) is 7.21. The van der Waals surface area contributed by atoms with Crippen molar-refractivity contribution >= 4 is 38.9 Å². The van der Waals surface area contributed by atoms with Crippen LogP contribution >= 0.6 is 27.3 Å². The molecule has 1 aliphatic heterocycles. The first kappa shape index (κ1) is 15.6. The van der Waals surface area contributed by atoms with E-state index in [4.69, 9.17) is 0 Å². The maximum absolute atomic E-state index is 13.8. The largest absolute Gasteiger partial charge is 0.322 e. The summed E-state index contributed by atoms with van der Waals surface area (Å²) < 4.78 is 14.4. The quantitative estimate of drug-likeness (QED) is 0.848. The molecule has 1 fully saturated rings. The van der Waals surface area contributed by atoms with E-state index in [0.29, 0.717) is 10.5 Å². The summed E-state index contributed by atoms with van der Waals surface area (Å²) in [6.45, 7) is 1.19. The summed E-state index contributed by atoms with van der Waals surface area (Å²) in [6.07, 6.45) is 2.16. The van der Waals surface area contributed by atoms with Crippen LogP contribution in [0.25, 0.3) is 0 Å². The first-order valence-electron chi connectivity index (χ1n) is 7.16. The average molecular weight is 383 g/mol. The Morgan fingerprint density at radius 3 is 3.05 bits per heavy atom. The van der Waals surface area contributed by atoms with Crippen molar-refractivity contribution in [3.8, 4) is 0 Å². The molecule has 0 aliphatic carbocycles. The maximum atomic E-state index is 13.8. The molecule has 2 heterocycles. The van der Waals surface area contributed by atoms with Gasteiger partial charge in [0.2, 0.25) is 5.91 Å². The van der Waals surface area contributed by atoms with Crippen LogP contribution in [0.15, 0.2) is 40.2 Å². The summed E-state index contributed by atoms with van der Waals surface area (Å²) in [7, 11) is 0. The van der Waals surface area contributed by atoms with Gasteiger partial charge < -0.3 is 5.32 Å². The molecule has 0 bridgehead atoms. The molecule has 6 heteroatoms. The smallest absolute Gasteiger partial charge is 0.238 e. The number of hydrogen-bond acceptors (Lipinski definition) is 3. The van der Waals surface area contributed by atoms with Crippen molar-refractivity contribution in [3.63, 3.8) is 0 Å². The maximum Gasteiger partial charge on any atom is 0.238 e. The van der Waals surface area contributed by atoms with Crippen LogP contribution < -0.4 is 5.32 Å². The molecule has 0 spiro atoms. The first-order chi connectivity index (χ1) is 10.6. The molecule has 1 aromatic carbocycles. The molecule has 3 rings (SSSR count). The monoisotopic (exact) mass is 382 g/mol. The Labute approximate surface area is 141 Å². The Balaban J connectivity index is 1.64. The van der Waals surface area contributed by atoms with E-state index in [-0.39, 0.29) is 18.1 Å². The number of anilines is 1. The van der Waals surface area contributed by atoms with E-state index in [0.717, 1.165) is 19.4 Å². The van der Waals surface area contributed by atoms with Crippen molar-refractivity contribution in [2.75, 3.05) is 18.4 Å². The number of thiophene rings is 1. The Morgan fingerprint density at radius 1 is 1.45 bits per heavy atom. The fourth-order valence-corrected chi connectivity index (χ4v) is 4.01.